The van der Waals surface area contributed by atoms with Gasteiger partial charge in [0.15, 0.2) is 6.29 Å². The van der Waals surface area contributed by atoms with E-state index in [0.29, 0.717) is 12.8 Å². The maximum absolute atomic E-state index is 13.0. The predicted octanol–water partition coefficient (Wildman–Crippen LogP) is 7.69. The molecule has 8 unspecified atom stereocenters. The Labute approximate surface area is 357 Å². The lowest BCUT2D eigenvalue weighted by atomic mass is 9.99. The third-order valence-electron chi connectivity index (χ3n) is 10.8. The third kappa shape index (κ3) is 28.5. The van der Waals surface area contributed by atoms with Crippen LogP contribution in [0.1, 0.15) is 181 Å². The van der Waals surface area contributed by atoms with Crippen molar-refractivity contribution in [1.29, 1.82) is 0 Å². The Bertz CT molecular complexity index is 1220. The van der Waals surface area contributed by atoms with E-state index in [2.05, 4.69) is 47.7 Å². The lowest BCUT2D eigenvalue weighted by Crippen LogP contribution is -2.61. The highest BCUT2D eigenvalue weighted by Crippen LogP contribution is 2.26. The molecule has 1 amide bonds. The molecule has 13 nitrogen and oxygen atoms in total. The van der Waals surface area contributed by atoms with Crippen LogP contribution < -0.4 is 5.32 Å². The lowest BCUT2D eigenvalue weighted by molar-refractivity contribution is -0.298. The highest BCUT2D eigenvalue weighted by atomic mass is 32.3. The fourth-order valence-corrected chi connectivity index (χ4v) is 7.55. The number of rotatable bonds is 38. The zero-order valence-electron chi connectivity index (χ0n) is 36.4. The molecular formula is C45H83NO12S. The number of aliphatic hydroxyl groups is 5. The molecule has 0 spiro atoms. The maximum atomic E-state index is 13.0. The fraction of sp³-hybridized carbons (Fsp3) is 0.844. The van der Waals surface area contributed by atoms with Gasteiger partial charge in [0.1, 0.15) is 30.5 Å². The Morgan fingerprint density at radius 2 is 1.15 bits per heavy atom. The average molecular weight is 862 g/mol. The van der Waals surface area contributed by atoms with E-state index in [9.17, 15) is 38.7 Å². The molecule has 14 heteroatoms. The van der Waals surface area contributed by atoms with Crippen molar-refractivity contribution in [2.75, 3.05) is 13.2 Å². The van der Waals surface area contributed by atoms with Crippen LogP contribution in [0.15, 0.2) is 36.5 Å². The van der Waals surface area contributed by atoms with Crippen molar-refractivity contribution in [3.05, 3.63) is 36.5 Å². The van der Waals surface area contributed by atoms with Crippen LogP contribution in [0.5, 0.6) is 0 Å². The topological polar surface area (TPSA) is 212 Å². The number of carbonyl (C=O) groups is 1. The van der Waals surface area contributed by atoms with E-state index in [1.807, 2.05) is 0 Å². The van der Waals surface area contributed by atoms with Crippen LogP contribution in [0, 0.1) is 0 Å². The van der Waals surface area contributed by atoms with Gasteiger partial charge in [-0.2, -0.15) is 8.42 Å². The molecular weight excluding hydrogens is 779 g/mol. The van der Waals surface area contributed by atoms with Crippen LogP contribution in [-0.2, 0) is 28.9 Å². The summed E-state index contributed by atoms with van der Waals surface area (Å²) in [5, 5.41) is 55.0. The minimum absolute atomic E-state index is 0.214. The summed E-state index contributed by atoms with van der Waals surface area (Å²) in [6.07, 6.45) is 29.7. The maximum Gasteiger partial charge on any atom is 0.397 e. The molecule has 0 aromatic carbocycles. The molecule has 1 aliphatic heterocycles. The highest BCUT2D eigenvalue weighted by molar-refractivity contribution is 7.80. The molecule has 1 heterocycles. The molecule has 346 valence electrons. The zero-order valence-corrected chi connectivity index (χ0v) is 37.2. The van der Waals surface area contributed by atoms with Gasteiger partial charge >= 0.3 is 10.4 Å². The molecule has 1 fully saturated rings. The fourth-order valence-electron chi connectivity index (χ4n) is 7.04. The van der Waals surface area contributed by atoms with E-state index >= 15 is 0 Å². The van der Waals surface area contributed by atoms with Gasteiger partial charge in [0.05, 0.1) is 25.4 Å². The number of ether oxygens (including phenoxy) is 2. The summed E-state index contributed by atoms with van der Waals surface area (Å²) in [5.74, 6) is -0.728. The van der Waals surface area contributed by atoms with Crippen LogP contribution in [0.4, 0.5) is 0 Å². The van der Waals surface area contributed by atoms with Crippen LogP contribution in [0.2, 0.25) is 0 Å². The molecule has 59 heavy (non-hydrogen) atoms. The van der Waals surface area contributed by atoms with Crippen molar-refractivity contribution in [3.8, 4) is 0 Å². The van der Waals surface area contributed by atoms with Crippen LogP contribution in [-0.4, -0.2) is 107 Å². The predicted molar refractivity (Wildman–Crippen MR) is 233 cm³/mol. The second kappa shape index (κ2) is 35.8. The summed E-state index contributed by atoms with van der Waals surface area (Å²) in [6, 6.07) is -1.14. The van der Waals surface area contributed by atoms with Crippen molar-refractivity contribution in [2.45, 2.75) is 230 Å². The van der Waals surface area contributed by atoms with Gasteiger partial charge in [-0.15, -0.1) is 0 Å². The number of allylic oxidation sites excluding steroid dienone is 5. The van der Waals surface area contributed by atoms with E-state index in [1.54, 1.807) is 6.08 Å². The van der Waals surface area contributed by atoms with Gasteiger partial charge in [-0.1, -0.05) is 166 Å². The highest BCUT2D eigenvalue weighted by Gasteiger charge is 2.48. The van der Waals surface area contributed by atoms with Gasteiger partial charge in [-0.25, -0.2) is 4.18 Å². The van der Waals surface area contributed by atoms with Gasteiger partial charge in [-0.05, 0) is 51.4 Å². The van der Waals surface area contributed by atoms with Crippen molar-refractivity contribution >= 4 is 16.3 Å². The van der Waals surface area contributed by atoms with E-state index in [1.165, 1.54) is 96.0 Å². The molecule has 1 rings (SSSR count). The van der Waals surface area contributed by atoms with Gasteiger partial charge in [0, 0.05) is 0 Å². The van der Waals surface area contributed by atoms with E-state index in [4.69, 9.17) is 14.0 Å². The molecule has 0 aromatic rings. The van der Waals surface area contributed by atoms with E-state index < -0.39 is 78.5 Å². The molecule has 0 aliphatic carbocycles. The molecule has 0 aromatic heterocycles. The van der Waals surface area contributed by atoms with Crippen LogP contribution in [0.25, 0.3) is 0 Å². The van der Waals surface area contributed by atoms with Crippen molar-refractivity contribution < 1.29 is 57.0 Å². The number of aliphatic hydroxyl groups excluding tert-OH is 5. The van der Waals surface area contributed by atoms with E-state index in [-0.39, 0.29) is 6.42 Å². The summed E-state index contributed by atoms with van der Waals surface area (Å²) >= 11 is 0. The standard InChI is InChI=1S/C45H83NO12S/c1-3-5-7-9-11-13-14-15-16-17-18-19-20-21-22-23-24-26-27-29-31-33-38(48)37(46-44(52)39(49)34-32-30-28-25-12-10-8-6-4-2)36-56-45-42(51)43(58-59(53,54)55)41(50)40(35-47)57-45/h10,12,24,26,31,33,37-43,45,47-51H,3-9,11,13-23,25,27-30,32,34-36H2,1-2H3,(H,46,52)(H,53,54,55)/b12-10-,26-24+,33-31+. The minimum Gasteiger partial charge on any atom is -0.394 e. The Morgan fingerprint density at radius 3 is 1.68 bits per heavy atom. The Balaban J connectivity index is 2.57. The Hall–Kier alpha value is -1.72. The minimum atomic E-state index is -5.12. The Kier molecular flexibility index (Phi) is 33.6. The first-order valence-corrected chi connectivity index (χ1v) is 24.3. The third-order valence-corrected chi connectivity index (χ3v) is 11.2. The normalized spacial score (nSPS) is 21.8. The molecule has 0 bridgehead atoms. The second-order valence-electron chi connectivity index (χ2n) is 16.1. The number of amides is 1. The van der Waals surface area contributed by atoms with E-state index in [0.717, 1.165) is 57.8 Å². The smallest absolute Gasteiger partial charge is 0.394 e. The molecule has 7 N–H and O–H groups in total. The summed E-state index contributed by atoms with van der Waals surface area (Å²) < 4.78 is 47.4. The SMILES string of the molecule is CCCC/C=C\CCCCCC(O)C(=O)NC(COC1OC(CO)C(O)C(OS(=O)(=O)O)C1O)C(O)/C=C/CC/C=C/CCCCCCCCCCCCCCCCC. The number of hydrogen-bond donors (Lipinski definition) is 7. The number of nitrogens with one attached hydrogen (secondary N) is 1. The summed E-state index contributed by atoms with van der Waals surface area (Å²) in [7, 11) is -5.12. The van der Waals surface area contributed by atoms with Crippen molar-refractivity contribution in [2.24, 2.45) is 0 Å². The average Bonchev–Trinajstić information content (AvgIpc) is 3.20. The number of hydrogen-bond acceptors (Lipinski definition) is 11. The van der Waals surface area contributed by atoms with Crippen molar-refractivity contribution in [3.63, 3.8) is 0 Å². The molecule has 1 aliphatic rings. The van der Waals surface area contributed by atoms with Crippen molar-refractivity contribution in [1.82, 2.24) is 5.32 Å². The monoisotopic (exact) mass is 862 g/mol. The van der Waals surface area contributed by atoms with Crippen LogP contribution >= 0.6 is 0 Å². The quantitative estimate of drug-likeness (QED) is 0.0181. The van der Waals surface area contributed by atoms with Crippen LogP contribution in [0.3, 0.4) is 0 Å². The van der Waals surface area contributed by atoms with Gasteiger partial charge in [0.2, 0.25) is 5.91 Å². The lowest BCUT2D eigenvalue weighted by Gasteiger charge is -2.41. The summed E-state index contributed by atoms with van der Waals surface area (Å²) in [5.41, 5.74) is 0. The first-order valence-electron chi connectivity index (χ1n) is 23.0. The number of carbonyl (C=O) groups excluding carboxylic acids is 1. The molecule has 0 radical (unpaired) electrons. The molecule has 8 atom stereocenters. The number of unbranched alkanes of at least 4 members (excludes halogenated alkanes) is 21. The van der Waals surface area contributed by atoms with Gasteiger partial charge in [0.25, 0.3) is 0 Å². The summed E-state index contributed by atoms with van der Waals surface area (Å²) in [4.78, 5) is 13.0. The second-order valence-corrected chi connectivity index (χ2v) is 17.2. The Morgan fingerprint density at radius 1 is 0.678 bits per heavy atom. The molecule has 1 saturated heterocycles. The van der Waals surface area contributed by atoms with Gasteiger partial charge in [-0.3, -0.25) is 9.35 Å². The largest absolute Gasteiger partial charge is 0.397 e. The molecule has 0 saturated carbocycles. The summed E-state index contributed by atoms with van der Waals surface area (Å²) in [6.45, 7) is 3.12. The first-order chi connectivity index (χ1) is 28.4. The zero-order chi connectivity index (χ0) is 43.6. The van der Waals surface area contributed by atoms with Gasteiger partial charge < -0.3 is 40.3 Å². The first kappa shape index (κ1) is 55.3.